The van der Waals surface area contributed by atoms with E-state index in [1.54, 1.807) is 11.3 Å². The maximum atomic E-state index is 12.2. The van der Waals surface area contributed by atoms with Gasteiger partial charge in [-0.15, -0.1) is 23.7 Å². The molecule has 0 aliphatic heterocycles. The maximum Gasteiger partial charge on any atom is 0.220 e. The Morgan fingerprint density at radius 1 is 1.32 bits per heavy atom. The van der Waals surface area contributed by atoms with Gasteiger partial charge in [-0.25, -0.2) is 0 Å². The average molecular weight is 347 g/mol. The fraction of sp³-hybridized carbons (Fsp3) is 0.625. The van der Waals surface area contributed by atoms with Crippen LogP contribution in [-0.2, 0) is 4.79 Å². The van der Waals surface area contributed by atoms with E-state index in [9.17, 15) is 9.59 Å². The summed E-state index contributed by atoms with van der Waals surface area (Å²) in [6, 6.07) is 1.90. The lowest BCUT2D eigenvalue weighted by atomic mass is 9.88. The van der Waals surface area contributed by atoms with E-state index < -0.39 is 5.54 Å². The fourth-order valence-electron chi connectivity index (χ4n) is 2.08. The van der Waals surface area contributed by atoms with E-state index in [0.29, 0.717) is 6.54 Å². The minimum atomic E-state index is -0.422. The van der Waals surface area contributed by atoms with Crippen molar-refractivity contribution >= 4 is 35.4 Å². The third-order valence-electron chi connectivity index (χ3n) is 4.04. The molecule has 0 aromatic carbocycles. The summed E-state index contributed by atoms with van der Waals surface area (Å²) >= 11 is 1.61. The lowest BCUT2D eigenvalue weighted by molar-refractivity contribution is -0.123. The van der Waals surface area contributed by atoms with E-state index in [-0.39, 0.29) is 42.9 Å². The van der Waals surface area contributed by atoms with Crippen LogP contribution in [0, 0.1) is 19.8 Å². The van der Waals surface area contributed by atoms with E-state index >= 15 is 0 Å². The van der Waals surface area contributed by atoms with Crippen molar-refractivity contribution in [1.29, 1.82) is 0 Å². The van der Waals surface area contributed by atoms with Crippen LogP contribution < -0.4 is 11.1 Å². The molecule has 1 unspecified atom stereocenters. The highest BCUT2D eigenvalue weighted by atomic mass is 35.5. The number of hydrogen-bond donors (Lipinski definition) is 2. The van der Waals surface area contributed by atoms with Crippen LogP contribution in [0.3, 0.4) is 0 Å². The van der Waals surface area contributed by atoms with Crippen LogP contribution in [0.25, 0.3) is 0 Å². The molecule has 0 radical (unpaired) electrons. The molecule has 0 aliphatic carbocycles. The third kappa shape index (κ3) is 5.38. The summed E-state index contributed by atoms with van der Waals surface area (Å²) < 4.78 is 0. The van der Waals surface area contributed by atoms with E-state index in [1.165, 1.54) is 0 Å². The van der Waals surface area contributed by atoms with Gasteiger partial charge in [0.15, 0.2) is 5.78 Å². The number of nitrogens with one attached hydrogen (secondary N) is 1. The molecule has 1 atom stereocenters. The first-order valence-corrected chi connectivity index (χ1v) is 8.12. The molecular weight excluding hydrogens is 320 g/mol. The first-order chi connectivity index (χ1) is 9.69. The molecule has 1 aromatic rings. The number of nitrogens with two attached hydrogens (primary N) is 1. The molecular formula is C16H27ClN2O2S. The Balaban J connectivity index is 0.00000441. The summed E-state index contributed by atoms with van der Waals surface area (Å²) in [6.07, 6.45) is 0.442. The topological polar surface area (TPSA) is 72.2 Å². The summed E-state index contributed by atoms with van der Waals surface area (Å²) in [4.78, 5) is 26.3. The van der Waals surface area contributed by atoms with Crippen LogP contribution in [0.4, 0.5) is 0 Å². The minimum Gasteiger partial charge on any atom is -0.349 e. The molecule has 1 heterocycles. The lowest BCUT2D eigenvalue weighted by Crippen LogP contribution is -2.55. The Labute approximate surface area is 143 Å². The molecule has 4 nitrogen and oxygen atoms in total. The van der Waals surface area contributed by atoms with Crippen LogP contribution in [0.2, 0.25) is 0 Å². The molecule has 3 N–H and O–H groups in total. The van der Waals surface area contributed by atoms with E-state index in [1.807, 2.05) is 40.7 Å². The van der Waals surface area contributed by atoms with Crippen LogP contribution in [0.5, 0.6) is 0 Å². The number of amides is 1. The normalized spacial score (nSPS) is 13.4. The van der Waals surface area contributed by atoms with Gasteiger partial charge in [-0.05, 0) is 32.8 Å². The summed E-state index contributed by atoms with van der Waals surface area (Å²) in [5.41, 5.74) is 6.07. The van der Waals surface area contributed by atoms with Gasteiger partial charge in [-0.3, -0.25) is 9.59 Å². The highest BCUT2D eigenvalue weighted by Crippen LogP contribution is 2.22. The Morgan fingerprint density at radius 3 is 2.32 bits per heavy atom. The van der Waals surface area contributed by atoms with Gasteiger partial charge < -0.3 is 11.1 Å². The van der Waals surface area contributed by atoms with Crippen LogP contribution in [-0.4, -0.2) is 23.8 Å². The largest absolute Gasteiger partial charge is 0.349 e. The molecule has 22 heavy (non-hydrogen) atoms. The predicted octanol–water partition coefficient (Wildman–Crippen LogP) is 3.24. The molecule has 1 aromatic heterocycles. The molecule has 1 rings (SSSR count). The number of hydrogen-bond acceptors (Lipinski definition) is 4. The molecule has 0 saturated carbocycles. The Bertz CT molecular complexity index is 528. The number of thiophene rings is 1. The Kier molecular flexibility index (Phi) is 8.29. The zero-order valence-electron chi connectivity index (χ0n) is 14.0. The molecule has 0 bridgehead atoms. The molecule has 0 spiro atoms. The highest BCUT2D eigenvalue weighted by molar-refractivity contribution is 7.12. The summed E-state index contributed by atoms with van der Waals surface area (Å²) in [5.74, 6) is 0.157. The number of aryl methyl sites for hydroxylation is 2. The number of rotatable bonds is 7. The van der Waals surface area contributed by atoms with Gasteiger partial charge in [0.2, 0.25) is 5.91 Å². The molecule has 0 aliphatic rings. The second kappa shape index (κ2) is 8.65. The predicted molar refractivity (Wildman–Crippen MR) is 95.0 cm³/mol. The average Bonchev–Trinajstić information content (AvgIpc) is 2.74. The highest BCUT2D eigenvalue weighted by Gasteiger charge is 2.28. The number of halogens is 1. The van der Waals surface area contributed by atoms with Gasteiger partial charge in [0.1, 0.15) is 0 Å². The summed E-state index contributed by atoms with van der Waals surface area (Å²) in [6.45, 7) is 10.3. The van der Waals surface area contributed by atoms with Crippen molar-refractivity contribution in [3.63, 3.8) is 0 Å². The van der Waals surface area contributed by atoms with E-state index in [4.69, 9.17) is 5.73 Å². The number of carbonyl (C=O) groups excluding carboxylic acids is 2. The fourth-order valence-corrected chi connectivity index (χ4v) is 3.02. The Hall–Kier alpha value is -0.910. The summed E-state index contributed by atoms with van der Waals surface area (Å²) in [7, 11) is 0. The number of Topliss-reactive ketones (excluding diaryl/α,β-unsaturated/α-hetero) is 1. The van der Waals surface area contributed by atoms with Gasteiger partial charge in [0, 0.05) is 34.7 Å². The quantitative estimate of drug-likeness (QED) is 0.744. The SMILES string of the molecule is Cc1cc(C(=O)CCC(=O)NC(C)(CN)C(C)C)c(C)s1.Cl. The van der Waals surface area contributed by atoms with Crippen molar-refractivity contribution in [2.75, 3.05) is 6.54 Å². The molecule has 0 saturated heterocycles. The van der Waals surface area contributed by atoms with Gasteiger partial charge in [0.25, 0.3) is 0 Å². The second-order valence-electron chi connectivity index (χ2n) is 6.07. The summed E-state index contributed by atoms with van der Waals surface area (Å²) in [5, 5.41) is 2.96. The van der Waals surface area contributed by atoms with Crippen molar-refractivity contribution in [2.24, 2.45) is 11.7 Å². The number of carbonyl (C=O) groups is 2. The van der Waals surface area contributed by atoms with Crippen LogP contribution in [0.15, 0.2) is 6.07 Å². The van der Waals surface area contributed by atoms with E-state index in [0.717, 1.165) is 15.3 Å². The lowest BCUT2D eigenvalue weighted by Gasteiger charge is -2.33. The first kappa shape index (κ1) is 21.1. The third-order valence-corrected chi connectivity index (χ3v) is 5.01. The van der Waals surface area contributed by atoms with Gasteiger partial charge >= 0.3 is 0 Å². The van der Waals surface area contributed by atoms with Gasteiger partial charge in [-0.2, -0.15) is 0 Å². The second-order valence-corrected chi connectivity index (χ2v) is 7.54. The van der Waals surface area contributed by atoms with Crippen molar-refractivity contribution in [2.45, 2.75) is 53.0 Å². The molecule has 0 fully saturated rings. The maximum absolute atomic E-state index is 12.2. The van der Waals surface area contributed by atoms with Crippen molar-refractivity contribution < 1.29 is 9.59 Å². The van der Waals surface area contributed by atoms with Gasteiger partial charge in [0.05, 0.1) is 5.54 Å². The Morgan fingerprint density at radius 2 is 1.91 bits per heavy atom. The van der Waals surface area contributed by atoms with Crippen molar-refractivity contribution in [1.82, 2.24) is 5.32 Å². The monoisotopic (exact) mass is 346 g/mol. The van der Waals surface area contributed by atoms with E-state index in [2.05, 4.69) is 5.32 Å². The molecule has 6 heteroatoms. The minimum absolute atomic E-state index is 0. The van der Waals surface area contributed by atoms with Crippen molar-refractivity contribution in [3.8, 4) is 0 Å². The smallest absolute Gasteiger partial charge is 0.220 e. The molecule has 1 amide bonds. The first-order valence-electron chi connectivity index (χ1n) is 7.31. The van der Waals surface area contributed by atoms with Crippen LogP contribution >= 0.6 is 23.7 Å². The standard InChI is InChI=1S/C16H26N2O2S.ClH/c1-10(2)16(5,9-17)18-15(20)7-6-14(19)13-8-11(3)21-12(13)4;/h8,10H,6-7,9,17H2,1-5H3,(H,18,20);1H. The molecule has 126 valence electrons. The zero-order valence-corrected chi connectivity index (χ0v) is 15.6. The van der Waals surface area contributed by atoms with Crippen molar-refractivity contribution in [3.05, 3.63) is 21.4 Å². The number of ketones is 1. The van der Waals surface area contributed by atoms with Gasteiger partial charge in [-0.1, -0.05) is 13.8 Å². The zero-order chi connectivity index (χ0) is 16.2. The van der Waals surface area contributed by atoms with Crippen LogP contribution in [0.1, 0.15) is 53.7 Å².